The Morgan fingerprint density at radius 2 is 2.05 bits per heavy atom. The molecular weight excluding hydrogens is 276 g/mol. The predicted molar refractivity (Wildman–Crippen MR) is 78.5 cm³/mol. The molecule has 4 nitrogen and oxygen atoms in total. The fourth-order valence-corrected chi connectivity index (χ4v) is 3.92. The van der Waals surface area contributed by atoms with Crippen LogP contribution >= 0.6 is 11.6 Å². The van der Waals surface area contributed by atoms with Crippen LogP contribution in [0.4, 0.5) is 5.82 Å². The standard InChI is InChI=1S/C15H19ClN2O2/c16-12-8-11(15(19)20)9-17-14(12)18-7-3-5-10-4-1-2-6-13(10)18/h8-10,13H,1-7H2,(H,19,20). The first-order valence-corrected chi connectivity index (χ1v) is 7.70. The zero-order valence-corrected chi connectivity index (χ0v) is 12.1. The zero-order valence-electron chi connectivity index (χ0n) is 11.4. The van der Waals surface area contributed by atoms with E-state index in [1.807, 2.05) is 0 Å². The topological polar surface area (TPSA) is 53.4 Å². The van der Waals surface area contributed by atoms with Gasteiger partial charge in [0.05, 0.1) is 10.6 Å². The van der Waals surface area contributed by atoms with E-state index in [0.29, 0.717) is 11.1 Å². The van der Waals surface area contributed by atoms with Crippen LogP contribution in [0.1, 0.15) is 48.9 Å². The van der Waals surface area contributed by atoms with Crippen molar-refractivity contribution in [1.82, 2.24) is 4.98 Å². The highest BCUT2D eigenvalue weighted by Crippen LogP contribution is 2.39. The minimum Gasteiger partial charge on any atom is -0.478 e. The minimum absolute atomic E-state index is 0.149. The molecule has 1 saturated heterocycles. The highest BCUT2D eigenvalue weighted by Gasteiger charge is 2.34. The Hall–Kier alpha value is -1.29. The van der Waals surface area contributed by atoms with E-state index >= 15 is 0 Å². The van der Waals surface area contributed by atoms with Crippen molar-refractivity contribution in [1.29, 1.82) is 0 Å². The predicted octanol–water partition coefficient (Wildman–Crippen LogP) is 3.59. The molecule has 1 aliphatic carbocycles. The number of carbonyl (C=O) groups is 1. The fraction of sp³-hybridized carbons (Fsp3) is 0.600. The van der Waals surface area contributed by atoms with Crippen LogP contribution in [0.2, 0.25) is 5.02 Å². The average Bonchev–Trinajstić information content (AvgIpc) is 2.46. The van der Waals surface area contributed by atoms with Gasteiger partial charge >= 0.3 is 5.97 Å². The number of fused-ring (bicyclic) bond motifs is 1. The number of aromatic nitrogens is 1. The van der Waals surface area contributed by atoms with Crippen LogP contribution in [0.15, 0.2) is 12.3 Å². The summed E-state index contributed by atoms with van der Waals surface area (Å²) in [5, 5.41) is 9.44. The fourth-order valence-electron chi connectivity index (χ4n) is 3.65. The minimum atomic E-state index is -0.986. The molecule has 1 aliphatic heterocycles. The molecule has 2 atom stereocenters. The number of hydrogen-bond acceptors (Lipinski definition) is 3. The van der Waals surface area contributed by atoms with Crippen LogP contribution in [0.5, 0.6) is 0 Å². The summed E-state index contributed by atoms with van der Waals surface area (Å²) in [5.74, 6) is 0.517. The molecular formula is C15H19ClN2O2. The Morgan fingerprint density at radius 3 is 2.80 bits per heavy atom. The lowest BCUT2D eigenvalue weighted by Crippen LogP contribution is -2.47. The molecule has 0 aromatic carbocycles. The second kappa shape index (κ2) is 5.60. The third kappa shape index (κ3) is 2.49. The van der Waals surface area contributed by atoms with E-state index < -0.39 is 5.97 Å². The van der Waals surface area contributed by atoms with Gasteiger partial charge in [-0.15, -0.1) is 0 Å². The average molecular weight is 295 g/mol. The third-order valence-electron chi connectivity index (χ3n) is 4.58. The number of hydrogen-bond donors (Lipinski definition) is 1. The molecule has 2 aliphatic rings. The van der Waals surface area contributed by atoms with Crippen molar-refractivity contribution in [2.45, 2.75) is 44.6 Å². The van der Waals surface area contributed by atoms with E-state index in [1.54, 1.807) is 0 Å². The summed E-state index contributed by atoms with van der Waals surface area (Å²) in [6.45, 7) is 0.973. The van der Waals surface area contributed by atoms with E-state index in [-0.39, 0.29) is 5.56 Å². The van der Waals surface area contributed by atoms with Crippen LogP contribution < -0.4 is 4.90 Å². The normalized spacial score (nSPS) is 26.1. The van der Waals surface area contributed by atoms with Gasteiger partial charge in [-0.25, -0.2) is 9.78 Å². The molecule has 2 fully saturated rings. The number of piperidine rings is 1. The van der Waals surface area contributed by atoms with Crippen molar-refractivity contribution in [2.24, 2.45) is 5.92 Å². The Bertz CT molecular complexity index is 519. The molecule has 0 amide bonds. The van der Waals surface area contributed by atoms with Gasteiger partial charge in [-0.05, 0) is 37.7 Å². The van der Waals surface area contributed by atoms with Crippen molar-refractivity contribution < 1.29 is 9.90 Å². The summed E-state index contributed by atoms with van der Waals surface area (Å²) in [6, 6.07) is 2.04. The lowest BCUT2D eigenvalue weighted by atomic mass is 9.78. The summed E-state index contributed by atoms with van der Waals surface area (Å²) in [6.07, 6.45) is 8.97. The first-order chi connectivity index (χ1) is 9.66. The summed E-state index contributed by atoms with van der Waals surface area (Å²) >= 11 is 6.27. The highest BCUT2D eigenvalue weighted by atomic mass is 35.5. The van der Waals surface area contributed by atoms with Crippen LogP contribution in [-0.2, 0) is 0 Å². The maximum atomic E-state index is 11.0. The van der Waals surface area contributed by atoms with Gasteiger partial charge in [0, 0.05) is 18.8 Å². The van der Waals surface area contributed by atoms with Crippen molar-refractivity contribution >= 4 is 23.4 Å². The number of aromatic carboxylic acids is 1. The van der Waals surface area contributed by atoms with Gasteiger partial charge < -0.3 is 10.0 Å². The van der Waals surface area contributed by atoms with Crippen LogP contribution in [-0.4, -0.2) is 28.6 Å². The van der Waals surface area contributed by atoms with Crippen molar-refractivity contribution in [3.05, 3.63) is 22.8 Å². The molecule has 0 bridgehead atoms. The van der Waals surface area contributed by atoms with E-state index in [1.165, 1.54) is 50.8 Å². The molecule has 5 heteroatoms. The second-order valence-corrected chi connectivity index (χ2v) is 6.19. The summed E-state index contributed by atoms with van der Waals surface area (Å²) < 4.78 is 0. The molecule has 108 valence electrons. The molecule has 20 heavy (non-hydrogen) atoms. The van der Waals surface area contributed by atoms with Gasteiger partial charge in [0.1, 0.15) is 5.82 Å². The molecule has 0 radical (unpaired) electrons. The SMILES string of the molecule is O=C(O)c1cnc(N2CCCC3CCCCC32)c(Cl)c1. The monoisotopic (exact) mass is 294 g/mol. The largest absolute Gasteiger partial charge is 0.478 e. The zero-order chi connectivity index (χ0) is 14.1. The summed E-state index contributed by atoms with van der Waals surface area (Å²) in [7, 11) is 0. The van der Waals surface area contributed by atoms with Gasteiger partial charge in [0.2, 0.25) is 0 Å². The Morgan fingerprint density at radius 1 is 1.30 bits per heavy atom. The van der Waals surface area contributed by atoms with Gasteiger partial charge in [-0.3, -0.25) is 0 Å². The first-order valence-electron chi connectivity index (χ1n) is 7.32. The molecule has 1 aromatic heterocycles. The Balaban J connectivity index is 1.89. The van der Waals surface area contributed by atoms with Gasteiger partial charge in [-0.1, -0.05) is 24.4 Å². The molecule has 3 rings (SSSR count). The number of carboxylic acid groups (broad SMARTS) is 1. The number of carboxylic acids is 1. The van der Waals surface area contributed by atoms with Gasteiger partial charge in [0.15, 0.2) is 0 Å². The first kappa shape index (κ1) is 13.7. The molecule has 2 heterocycles. The molecule has 1 aromatic rings. The number of halogens is 1. The number of nitrogens with zero attached hydrogens (tertiary/aromatic N) is 2. The number of rotatable bonds is 2. The highest BCUT2D eigenvalue weighted by molar-refractivity contribution is 6.33. The third-order valence-corrected chi connectivity index (χ3v) is 4.86. The van der Waals surface area contributed by atoms with Crippen LogP contribution in [0.25, 0.3) is 0 Å². The lowest BCUT2D eigenvalue weighted by Gasteiger charge is -2.45. The van der Waals surface area contributed by atoms with Crippen molar-refractivity contribution in [3.63, 3.8) is 0 Å². The Kier molecular flexibility index (Phi) is 3.83. The van der Waals surface area contributed by atoms with E-state index in [0.717, 1.165) is 18.3 Å². The molecule has 0 spiro atoms. The van der Waals surface area contributed by atoms with E-state index in [4.69, 9.17) is 16.7 Å². The van der Waals surface area contributed by atoms with E-state index in [9.17, 15) is 4.79 Å². The number of anilines is 1. The quantitative estimate of drug-likeness (QED) is 0.905. The summed E-state index contributed by atoms with van der Waals surface area (Å²) in [4.78, 5) is 17.6. The molecule has 1 saturated carbocycles. The smallest absolute Gasteiger partial charge is 0.337 e. The van der Waals surface area contributed by atoms with Crippen molar-refractivity contribution in [3.8, 4) is 0 Å². The van der Waals surface area contributed by atoms with Crippen molar-refractivity contribution in [2.75, 3.05) is 11.4 Å². The summed E-state index contributed by atoms with van der Waals surface area (Å²) in [5.41, 5.74) is 0.149. The Labute approximate surface area is 123 Å². The van der Waals surface area contributed by atoms with Crippen LogP contribution in [0, 0.1) is 5.92 Å². The van der Waals surface area contributed by atoms with Gasteiger partial charge in [-0.2, -0.15) is 0 Å². The second-order valence-electron chi connectivity index (χ2n) is 5.78. The molecule has 1 N–H and O–H groups in total. The number of pyridine rings is 1. The maximum Gasteiger partial charge on any atom is 0.337 e. The van der Waals surface area contributed by atoms with Gasteiger partial charge in [0.25, 0.3) is 0 Å². The van der Waals surface area contributed by atoms with E-state index in [2.05, 4.69) is 9.88 Å². The van der Waals surface area contributed by atoms with Crippen LogP contribution in [0.3, 0.4) is 0 Å². The lowest BCUT2D eigenvalue weighted by molar-refractivity contribution is 0.0696. The molecule has 2 unspecified atom stereocenters. The maximum absolute atomic E-state index is 11.0.